The molecule has 6 atom stereocenters. The highest BCUT2D eigenvalue weighted by Crippen LogP contribution is 2.60. The van der Waals surface area contributed by atoms with E-state index in [1.54, 1.807) is 11.0 Å². The van der Waals surface area contributed by atoms with E-state index in [2.05, 4.69) is 22.5 Å². The maximum Gasteiger partial charge on any atom is 0.310 e. The van der Waals surface area contributed by atoms with Crippen LogP contribution in [-0.4, -0.2) is 86.6 Å². The Kier molecular flexibility index (Phi) is 6.70. The third kappa shape index (κ3) is 3.51. The fraction of sp³-hybridized carbons (Fsp3) is 0.750. The number of unbranched alkanes of at least 4 members (excludes halogenated alkanes) is 1. The average Bonchev–Trinajstić information content (AvgIpc) is 3.26. The van der Waals surface area contributed by atoms with E-state index in [1.165, 1.54) is 4.90 Å². The smallest absolute Gasteiger partial charge is 0.310 e. The van der Waals surface area contributed by atoms with Crippen molar-refractivity contribution in [1.29, 1.82) is 0 Å². The molecule has 0 aliphatic carbocycles. The summed E-state index contributed by atoms with van der Waals surface area (Å²) in [5, 5.41) is 19.1. The van der Waals surface area contributed by atoms with Crippen molar-refractivity contribution in [2.24, 2.45) is 11.8 Å². The quantitative estimate of drug-likeness (QED) is 0.363. The van der Waals surface area contributed by atoms with E-state index in [1.807, 2.05) is 6.92 Å². The number of likely N-dealkylation sites (tertiary alicyclic amines) is 1. The Hall–Kier alpha value is -1.45. The molecule has 3 aliphatic rings. The lowest BCUT2D eigenvalue weighted by atomic mass is 9.70. The third-order valence-electron chi connectivity index (χ3n) is 6.31. The van der Waals surface area contributed by atoms with Gasteiger partial charge in [-0.05, 0) is 19.3 Å². The van der Waals surface area contributed by atoms with Crippen LogP contribution < -0.4 is 0 Å². The number of amides is 2. The molecular formula is C20H29BrN2O6. The highest BCUT2D eigenvalue weighted by Gasteiger charge is 2.76. The number of alkyl halides is 1. The van der Waals surface area contributed by atoms with Crippen LogP contribution in [0.15, 0.2) is 12.7 Å². The highest BCUT2D eigenvalue weighted by molar-refractivity contribution is 9.09. The molecule has 29 heavy (non-hydrogen) atoms. The number of aliphatic carboxylic acids is 1. The number of rotatable bonds is 10. The molecule has 3 unspecified atom stereocenters. The van der Waals surface area contributed by atoms with Crippen LogP contribution in [0.1, 0.15) is 32.6 Å². The van der Waals surface area contributed by atoms with Crippen molar-refractivity contribution in [2.45, 2.75) is 55.2 Å². The normalized spacial score (nSPS) is 35.1. The van der Waals surface area contributed by atoms with Gasteiger partial charge in [0.1, 0.15) is 11.6 Å². The summed E-state index contributed by atoms with van der Waals surface area (Å²) in [6.07, 6.45) is 3.45. The van der Waals surface area contributed by atoms with E-state index in [4.69, 9.17) is 4.74 Å². The van der Waals surface area contributed by atoms with E-state index in [0.29, 0.717) is 25.9 Å². The molecule has 3 heterocycles. The van der Waals surface area contributed by atoms with Gasteiger partial charge in [-0.1, -0.05) is 35.4 Å². The van der Waals surface area contributed by atoms with Crippen molar-refractivity contribution in [2.75, 3.05) is 26.2 Å². The summed E-state index contributed by atoms with van der Waals surface area (Å²) in [5.74, 6) is -3.55. The Labute approximate surface area is 179 Å². The second-order valence-electron chi connectivity index (χ2n) is 8.04. The Bertz CT molecular complexity index is 688. The van der Waals surface area contributed by atoms with E-state index in [9.17, 15) is 24.6 Å². The molecule has 8 nitrogen and oxygen atoms in total. The van der Waals surface area contributed by atoms with Crippen LogP contribution in [0, 0.1) is 11.8 Å². The molecule has 3 saturated heterocycles. The maximum atomic E-state index is 13.6. The van der Waals surface area contributed by atoms with Gasteiger partial charge >= 0.3 is 5.97 Å². The molecule has 2 N–H and O–H groups in total. The highest BCUT2D eigenvalue weighted by atomic mass is 79.9. The topological polar surface area (TPSA) is 107 Å². The molecule has 0 aromatic rings. The van der Waals surface area contributed by atoms with Crippen LogP contribution in [0.3, 0.4) is 0 Å². The van der Waals surface area contributed by atoms with Crippen LogP contribution >= 0.6 is 15.9 Å². The van der Waals surface area contributed by atoms with E-state index in [-0.39, 0.29) is 29.8 Å². The monoisotopic (exact) mass is 472 g/mol. The van der Waals surface area contributed by atoms with Gasteiger partial charge in [0.05, 0.1) is 17.9 Å². The van der Waals surface area contributed by atoms with Gasteiger partial charge in [0, 0.05) is 31.1 Å². The summed E-state index contributed by atoms with van der Waals surface area (Å²) in [6, 6.07) is -0.891. The van der Waals surface area contributed by atoms with E-state index >= 15 is 0 Å². The molecule has 1 spiro atoms. The molecule has 162 valence electrons. The van der Waals surface area contributed by atoms with Gasteiger partial charge in [-0.25, -0.2) is 0 Å². The molecule has 0 radical (unpaired) electrons. The number of halogens is 1. The van der Waals surface area contributed by atoms with Gasteiger partial charge in [-0.3, -0.25) is 14.4 Å². The number of aliphatic hydroxyl groups excluding tert-OH is 1. The average molecular weight is 473 g/mol. The number of ether oxygens (including phenoxy) is 1. The molecule has 0 aromatic carbocycles. The maximum absolute atomic E-state index is 13.6. The Balaban J connectivity index is 2.01. The molecule has 3 rings (SSSR count). The molecule has 2 bridgehead atoms. The number of carbonyl (C=O) groups is 3. The minimum atomic E-state index is -1.16. The predicted octanol–water partition coefficient (Wildman–Crippen LogP) is 1.02. The Morgan fingerprint density at radius 3 is 2.76 bits per heavy atom. The summed E-state index contributed by atoms with van der Waals surface area (Å²) in [6.45, 7) is 6.72. The molecular weight excluding hydrogens is 444 g/mol. The zero-order chi connectivity index (χ0) is 21.3. The summed E-state index contributed by atoms with van der Waals surface area (Å²) >= 11 is 3.51. The van der Waals surface area contributed by atoms with Crippen molar-refractivity contribution in [1.82, 2.24) is 9.80 Å². The lowest BCUT2D eigenvalue weighted by Gasteiger charge is -2.37. The van der Waals surface area contributed by atoms with Gasteiger partial charge in [-0.2, -0.15) is 0 Å². The lowest BCUT2D eigenvalue weighted by molar-refractivity contribution is -0.150. The van der Waals surface area contributed by atoms with Gasteiger partial charge in [-0.15, -0.1) is 6.58 Å². The van der Waals surface area contributed by atoms with Crippen molar-refractivity contribution in [3.8, 4) is 0 Å². The molecule has 0 saturated carbocycles. The summed E-state index contributed by atoms with van der Waals surface area (Å²) in [4.78, 5) is 41.8. The second kappa shape index (κ2) is 8.73. The van der Waals surface area contributed by atoms with Gasteiger partial charge in [0.2, 0.25) is 11.8 Å². The Morgan fingerprint density at radius 2 is 2.17 bits per heavy atom. The number of fused-ring (bicyclic) bond motifs is 1. The minimum absolute atomic E-state index is 0.124. The van der Waals surface area contributed by atoms with Crippen molar-refractivity contribution >= 4 is 33.7 Å². The second-order valence-corrected chi connectivity index (χ2v) is 9.21. The first-order valence-electron chi connectivity index (χ1n) is 10.2. The number of nitrogens with zero attached hydrogens (tertiary/aromatic N) is 2. The number of hydrogen-bond acceptors (Lipinski definition) is 5. The zero-order valence-electron chi connectivity index (χ0n) is 16.6. The van der Waals surface area contributed by atoms with Gasteiger partial charge in [0.15, 0.2) is 0 Å². The number of carboxylic acids is 1. The summed E-state index contributed by atoms with van der Waals surface area (Å²) < 4.78 is 6.19. The van der Waals surface area contributed by atoms with Crippen molar-refractivity contribution in [3.63, 3.8) is 0 Å². The zero-order valence-corrected chi connectivity index (χ0v) is 18.2. The molecule has 3 fully saturated rings. The molecule has 3 aliphatic heterocycles. The molecule has 2 amide bonds. The van der Waals surface area contributed by atoms with Gasteiger partial charge < -0.3 is 24.7 Å². The van der Waals surface area contributed by atoms with E-state index in [0.717, 1.165) is 12.8 Å². The van der Waals surface area contributed by atoms with Crippen LogP contribution in [0.5, 0.6) is 0 Å². The number of carbonyl (C=O) groups excluding carboxylic acids is 2. The fourth-order valence-corrected chi connectivity index (χ4v) is 6.08. The summed E-state index contributed by atoms with van der Waals surface area (Å²) in [5.41, 5.74) is -1.16. The molecule has 0 aromatic heterocycles. The van der Waals surface area contributed by atoms with Crippen molar-refractivity contribution in [3.05, 3.63) is 12.7 Å². The first kappa shape index (κ1) is 22.2. The SMILES string of the molecule is C=CCN(CCCC)C(=O)C1N(CCCO)C(=O)[C@@H]2[C@@H](C(=O)O)[C@@H]3OC12CC3Br. The standard InChI is InChI=1S/C20H29BrN2O6/c1-3-5-8-22(7-4-2)18(26)16-20-11-12(21)15(29-20)13(19(27)28)14(20)17(25)23(16)9-6-10-24/h4,12-16,24H,2-3,5-11H2,1H3,(H,27,28)/t12?,13-,14+,15-,16?,20?/m1/s1. The first-order valence-corrected chi connectivity index (χ1v) is 11.1. The van der Waals surface area contributed by atoms with Crippen LogP contribution in [-0.2, 0) is 19.1 Å². The number of hydrogen-bond donors (Lipinski definition) is 2. The van der Waals surface area contributed by atoms with E-state index < -0.39 is 35.6 Å². The predicted molar refractivity (Wildman–Crippen MR) is 108 cm³/mol. The van der Waals surface area contributed by atoms with Gasteiger partial charge in [0.25, 0.3) is 0 Å². The molecule has 9 heteroatoms. The van der Waals surface area contributed by atoms with Crippen molar-refractivity contribution < 1.29 is 29.3 Å². The number of carboxylic acid groups (broad SMARTS) is 1. The van der Waals surface area contributed by atoms with Crippen LogP contribution in [0.4, 0.5) is 0 Å². The van der Waals surface area contributed by atoms with Crippen LogP contribution in [0.2, 0.25) is 0 Å². The fourth-order valence-electron chi connectivity index (χ4n) is 5.14. The first-order chi connectivity index (χ1) is 13.8. The Morgan fingerprint density at radius 1 is 1.45 bits per heavy atom. The summed E-state index contributed by atoms with van der Waals surface area (Å²) in [7, 11) is 0. The third-order valence-corrected chi connectivity index (χ3v) is 7.15. The number of aliphatic hydroxyl groups is 1. The van der Waals surface area contributed by atoms with Crippen LogP contribution in [0.25, 0.3) is 0 Å². The minimum Gasteiger partial charge on any atom is -0.481 e. The largest absolute Gasteiger partial charge is 0.481 e. The lowest BCUT2D eigenvalue weighted by Crippen LogP contribution is -2.57.